The molecule has 118 valence electrons. The van der Waals surface area contributed by atoms with Crippen molar-refractivity contribution in [2.24, 2.45) is 4.99 Å². The molecule has 1 saturated heterocycles. The van der Waals surface area contributed by atoms with Gasteiger partial charge in [-0.15, -0.1) is 11.3 Å². The fraction of sp³-hybridized carbons (Fsp3) is 0.688. The molecule has 0 radical (unpaired) electrons. The normalized spacial score (nSPS) is 20.5. The number of nitrogens with one attached hydrogen (secondary N) is 2. The molecule has 1 aliphatic heterocycles. The third kappa shape index (κ3) is 5.67. The predicted molar refractivity (Wildman–Crippen MR) is 92.3 cm³/mol. The zero-order valence-electron chi connectivity index (χ0n) is 13.3. The third-order valence-electron chi connectivity index (χ3n) is 4.10. The van der Waals surface area contributed by atoms with Gasteiger partial charge in [-0.1, -0.05) is 12.5 Å². The van der Waals surface area contributed by atoms with Gasteiger partial charge >= 0.3 is 0 Å². The molecule has 5 heteroatoms. The minimum Gasteiger partial charge on any atom is -0.356 e. The molecule has 0 saturated carbocycles. The standard InChI is InChI=1S/C16H28N4S/c1-14-6-3-4-11-20(14)12-10-19-16(17-2)18-9-8-15-7-5-13-21-15/h5,7,13-14H,3-4,6,8-12H2,1-2H3,(H2,17,18,19). The highest BCUT2D eigenvalue weighted by molar-refractivity contribution is 7.09. The summed E-state index contributed by atoms with van der Waals surface area (Å²) in [5, 5.41) is 8.93. The zero-order chi connectivity index (χ0) is 14.9. The largest absolute Gasteiger partial charge is 0.356 e. The highest BCUT2D eigenvalue weighted by Gasteiger charge is 2.17. The van der Waals surface area contributed by atoms with E-state index in [0.717, 1.165) is 38.1 Å². The van der Waals surface area contributed by atoms with Gasteiger partial charge in [-0.3, -0.25) is 9.89 Å². The fourth-order valence-electron chi connectivity index (χ4n) is 2.79. The lowest BCUT2D eigenvalue weighted by Crippen LogP contribution is -2.45. The van der Waals surface area contributed by atoms with E-state index in [1.807, 2.05) is 18.4 Å². The molecule has 1 unspecified atom stereocenters. The Morgan fingerprint density at radius 1 is 1.38 bits per heavy atom. The molecule has 2 N–H and O–H groups in total. The second kappa shape index (κ2) is 9.05. The van der Waals surface area contributed by atoms with Crippen LogP contribution >= 0.6 is 11.3 Å². The van der Waals surface area contributed by atoms with E-state index >= 15 is 0 Å². The van der Waals surface area contributed by atoms with Gasteiger partial charge in [0.15, 0.2) is 5.96 Å². The number of nitrogens with zero attached hydrogens (tertiary/aromatic N) is 2. The van der Waals surface area contributed by atoms with Crippen molar-refractivity contribution in [3.8, 4) is 0 Å². The van der Waals surface area contributed by atoms with Gasteiger partial charge in [0.05, 0.1) is 0 Å². The van der Waals surface area contributed by atoms with Crippen molar-refractivity contribution in [1.29, 1.82) is 0 Å². The molecule has 0 aliphatic carbocycles. The van der Waals surface area contributed by atoms with Crippen molar-refractivity contribution in [1.82, 2.24) is 15.5 Å². The van der Waals surface area contributed by atoms with Gasteiger partial charge in [-0.05, 0) is 44.2 Å². The molecule has 1 aromatic heterocycles. The second-order valence-electron chi connectivity index (χ2n) is 5.64. The van der Waals surface area contributed by atoms with Crippen molar-refractivity contribution in [3.63, 3.8) is 0 Å². The average molecular weight is 308 g/mol. The van der Waals surface area contributed by atoms with Gasteiger partial charge < -0.3 is 10.6 Å². The van der Waals surface area contributed by atoms with Crippen LogP contribution < -0.4 is 10.6 Å². The minimum atomic E-state index is 0.731. The van der Waals surface area contributed by atoms with E-state index in [1.165, 1.54) is 30.7 Å². The van der Waals surface area contributed by atoms with E-state index in [0.29, 0.717) is 0 Å². The Kier molecular flexibility index (Phi) is 7.03. The Balaban J connectivity index is 1.61. The summed E-state index contributed by atoms with van der Waals surface area (Å²) in [6.07, 6.45) is 5.13. The molecule has 1 fully saturated rings. The SMILES string of the molecule is CN=C(NCCc1cccs1)NCCN1CCCCC1C. The number of hydrogen-bond donors (Lipinski definition) is 2. The number of rotatable bonds is 6. The predicted octanol–water partition coefficient (Wildman–Crippen LogP) is 2.33. The van der Waals surface area contributed by atoms with Crippen molar-refractivity contribution >= 4 is 17.3 Å². The van der Waals surface area contributed by atoms with Crippen LogP contribution in [0.15, 0.2) is 22.5 Å². The first-order valence-electron chi connectivity index (χ1n) is 8.00. The molecule has 21 heavy (non-hydrogen) atoms. The first kappa shape index (κ1) is 16.3. The van der Waals surface area contributed by atoms with E-state index < -0.39 is 0 Å². The lowest BCUT2D eigenvalue weighted by Gasteiger charge is -2.33. The third-order valence-corrected chi connectivity index (χ3v) is 5.04. The van der Waals surface area contributed by atoms with Crippen LogP contribution in [-0.2, 0) is 6.42 Å². The molecule has 1 aliphatic rings. The lowest BCUT2D eigenvalue weighted by molar-refractivity contribution is 0.163. The molecular formula is C16H28N4S. The molecule has 4 nitrogen and oxygen atoms in total. The van der Waals surface area contributed by atoms with Crippen LogP contribution in [0.25, 0.3) is 0 Å². The Labute approximate surface area is 132 Å². The topological polar surface area (TPSA) is 39.7 Å². The first-order chi connectivity index (χ1) is 10.3. The van der Waals surface area contributed by atoms with Crippen molar-refractivity contribution < 1.29 is 0 Å². The number of thiophene rings is 1. The summed E-state index contributed by atoms with van der Waals surface area (Å²) < 4.78 is 0. The van der Waals surface area contributed by atoms with Crippen LogP contribution in [0, 0.1) is 0 Å². The summed E-state index contributed by atoms with van der Waals surface area (Å²) in [5.41, 5.74) is 0. The molecule has 1 atom stereocenters. The lowest BCUT2D eigenvalue weighted by atomic mass is 10.0. The van der Waals surface area contributed by atoms with Gasteiger partial charge in [-0.25, -0.2) is 0 Å². The quantitative estimate of drug-likeness (QED) is 0.626. The van der Waals surface area contributed by atoms with Gasteiger partial charge in [-0.2, -0.15) is 0 Å². The molecule has 0 amide bonds. The number of piperidine rings is 1. The van der Waals surface area contributed by atoms with E-state index in [1.54, 1.807) is 0 Å². The summed E-state index contributed by atoms with van der Waals surface area (Å²) in [6, 6.07) is 5.02. The molecule has 2 rings (SSSR count). The summed E-state index contributed by atoms with van der Waals surface area (Å²) in [6.45, 7) is 6.58. The highest BCUT2D eigenvalue weighted by atomic mass is 32.1. The summed E-state index contributed by atoms with van der Waals surface area (Å²) in [5.74, 6) is 0.913. The van der Waals surface area contributed by atoms with E-state index in [-0.39, 0.29) is 0 Å². The van der Waals surface area contributed by atoms with Crippen LogP contribution in [0.3, 0.4) is 0 Å². The van der Waals surface area contributed by atoms with Gasteiger partial charge in [0.25, 0.3) is 0 Å². The van der Waals surface area contributed by atoms with Crippen LogP contribution in [0.2, 0.25) is 0 Å². The Hall–Kier alpha value is -1.07. The molecular weight excluding hydrogens is 280 g/mol. The number of aliphatic imine (C=N–C) groups is 1. The minimum absolute atomic E-state index is 0.731. The van der Waals surface area contributed by atoms with Crippen LogP contribution in [0.5, 0.6) is 0 Å². The van der Waals surface area contributed by atoms with Crippen molar-refractivity contribution in [2.45, 2.75) is 38.6 Å². The molecule has 1 aromatic rings. The van der Waals surface area contributed by atoms with Gasteiger partial charge in [0, 0.05) is 37.6 Å². The number of hydrogen-bond acceptors (Lipinski definition) is 3. The molecule has 0 spiro atoms. The maximum atomic E-state index is 4.29. The summed E-state index contributed by atoms with van der Waals surface area (Å²) >= 11 is 1.81. The number of likely N-dealkylation sites (tertiary alicyclic amines) is 1. The van der Waals surface area contributed by atoms with E-state index in [2.05, 4.69) is 45.0 Å². The fourth-order valence-corrected chi connectivity index (χ4v) is 3.50. The first-order valence-corrected chi connectivity index (χ1v) is 8.88. The van der Waals surface area contributed by atoms with Crippen LogP contribution in [-0.4, -0.2) is 50.1 Å². The highest BCUT2D eigenvalue weighted by Crippen LogP contribution is 2.15. The van der Waals surface area contributed by atoms with Gasteiger partial charge in [0.2, 0.25) is 0 Å². The van der Waals surface area contributed by atoms with Crippen molar-refractivity contribution in [3.05, 3.63) is 22.4 Å². The maximum Gasteiger partial charge on any atom is 0.191 e. The Morgan fingerprint density at radius 2 is 2.24 bits per heavy atom. The monoisotopic (exact) mass is 308 g/mol. The Morgan fingerprint density at radius 3 is 2.95 bits per heavy atom. The summed E-state index contributed by atoms with van der Waals surface area (Å²) in [7, 11) is 1.84. The maximum absolute atomic E-state index is 4.29. The Bertz CT molecular complexity index is 416. The van der Waals surface area contributed by atoms with Crippen LogP contribution in [0.1, 0.15) is 31.1 Å². The van der Waals surface area contributed by atoms with E-state index in [9.17, 15) is 0 Å². The zero-order valence-corrected chi connectivity index (χ0v) is 14.1. The molecule has 0 bridgehead atoms. The molecule has 2 heterocycles. The number of guanidine groups is 1. The molecule has 0 aromatic carbocycles. The average Bonchev–Trinajstić information content (AvgIpc) is 3.01. The van der Waals surface area contributed by atoms with Crippen molar-refractivity contribution in [2.75, 3.05) is 33.2 Å². The van der Waals surface area contributed by atoms with E-state index in [4.69, 9.17) is 0 Å². The summed E-state index contributed by atoms with van der Waals surface area (Å²) in [4.78, 5) is 8.28. The second-order valence-corrected chi connectivity index (χ2v) is 6.67. The smallest absolute Gasteiger partial charge is 0.191 e. The van der Waals surface area contributed by atoms with Crippen LogP contribution in [0.4, 0.5) is 0 Å². The van der Waals surface area contributed by atoms with Gasteiger partial charge in [0.1, 0.15) is 0 Å².